The maximum atomic E-state index is 13.1. The molecule has 1 saturated carbocycles. The van der Waals surface area contributed by atoms with E-state index < -0.39 is 0 Å². The highest BCUT2D eigenvalue weighted by atomic mass is 16.2. The molecule has 2 aromatic rings. The smallest absolute Gasteiger partial charge is 0.259 e. The Morgan fingerprint density at radius 2 is 2.00 bits per heavy atom. The largest absolute Gasteiger partial charge is 0.337 e. The summed E-state index contributed by atoms with van der Waals surface area (Å²) in [5, 5.41) is 17.8. The number of likely N-dealkylation sites (tertiary alicyclic amines) is 2. The molecule has 2 aliphatic heterocycles. The van der Waals surface area contributed by atoms with Crippen molar-refractivity contribution in [3.8, 4) is 5.82 Å². The van der Waals surface area contributed by atoms with Gasteiger partial charge >= 0.3 is 0 Å². The van der Waals surface area contributed by atoms with Gasteiger partial charge < -0.3 is 9.80 Å². The summed E-state index contributed by atoms with van der Waals surface area (Å²) in [6, 6.07) is 0.144. The maximum Gasteiger partial charge on any atom is 0.259 e. The molecule has 3 fully saturated rings. The first-order valence-electron chi connectivity index (χ1n) is 9.59. The quantitative estimate of drug-likeness (QED) is 0.829. The van der Waals surface area contributed by atoms with Gasteiger partial charge in [-0.15, -0.1) is 5.10 Å². The van der Waals surface area contributed by atoms with Gasteiger partial charge in [0.2, 0.25) is 5.91 Å². The number of hydrogen-bond donors (Lipinski definition) is 1. The van der Waals surface area contributed by atoms with Gasteiger partial charge in [-0.1, -0.05) is 12.8 Å². The molecule has 10 nitrogen and oxygen atoms in total. The summed E-state index contributed by atoms with van der Waals surface area (Å²) in [5.74, 6) is 1.21. The average Bonchev–Trinajstić information content (AvgIpc) is 3.49. The van der Waals surface area contributed by atoms with Crippen LogP contribution in [-0.2, 0) is 4.79 Å². The molecule has 0 bridgehead atoms. The molecule has 1 N–H and O–H groups in total. The van der Waals surface area contributed by atoms with Crippen molar-refractivity contribution in [3.05, 3.63) is 18.1 Å². The number of tetrazole rings is 1. The van der Waals surface area contributed by atoms with Crippen LogP contribution in [0.3, 0.4) is 0 Å². The van der Waals surface area contributed by atoms with Crippen molar-refractivity contribution in [1.82, 2.24) is 40.2 Å². The standard InChI is InChI=1S/C17H22N8O2/c26-16(11-3-1-2-4-11)24-6-5-12-8-23(9-14(12)24)17(27)13-7-18-20-15(13)25-10-19-21-22-25/h7,10-12,14H,1-6,8-9H2,(H,18,20)/t12-,14+/m0/s1. The van der Waals surface area contributed by atoms with Crippen LogP contribution in [0.2, 0.25) is 0 Å². The number of carbonyl (C=O) groups excluding carboxylic acids is 2. The number of hydrogen-bond acceptors (Lipinski definition) is 6. The van der Waals surface area contributed by atoms with E-state index in [-0.39, 0.29) is 17.9 Å². The fourth-order valence-corrected chi connectivity index (χ4v) is 4.85. The third kappa shape index (κ3) is 2.70. The fourth-order valence-electron chi connectivity index (χ4n) is 4.85. The highest BCUT2D eigenvalue weighted by Crippen LogP contribution is 2.36. The molecule has 0 spiro atoms. The molecule has 1 aliphatic carbocycles. The number of H-pyrrole nitrogens is 1. The lowest BCUT2D eigenvalue weighted by Gasteiger charge is -2.27. The molecule has 2 amide bonds. The molecular formula is C17H22N8O2. The van der Waals surface area contributed by atoms with Crippen LogP contribution in [0.15, 0.2) is 12.5 Å². The van der Waals surface area contributed by atoms with Crippen molar-refractivity contribution in [2.24, 2.45) is 11.8 Å². The number of carbonyl (C=O) groups is 2. The Balaban J connectivity index is 1.32. The Hall–Kier alpha value is -2.78. The van der Waals surface area contributed by atoms with Gasteiger partial charge in [0.15, 0.2) is 5.82 Å². The predicted octanol–water partition coefficient (Wildman–Crippen LogP) is 0.248. The van der Waals surface area contributed by atoms with Gasteiger partial charge in [0.25, 0.3) is 5.91 Å². The third-order valence-electron chi connectivity index (χ3n) is 6.25. The number of nitrogens with one attached hydrogen (secondary N) is 1. The van der Waals surface area contributed by atoms with E-state index in [1.165, 1.54) is 17.2 Å². The minimum atomic E-state index is -0.100. The zero-order chi connectivity index (χ0) is 18.4. The van der Waals surface area contributed by atoms with E-state index in [4.69, 9.17) is 0 Å². The van der Waals surface area contributed by atoms with Crippen molar-refractivity contribution >= 4 is 11.8 Å². The van der Waals surface area contributed by atoms with Gasteiger partial charge in [0.1, 0.15) is 11.9 Å². The Kier molecular flexibility index (Phi) is 3.91. The van der Waals surface area contributed by atoms with Crippen molar-refractivity contribution in [3.63, 3.8) is 0 Å². The van der Waals surface area contributed by atoms with E-state index in [9.17, 15) is 9.59 Å². The molecule has 142 valence electrons. The van der Waals surface area contributed by atoms with Crippen molar-refractivity contribution < 1.29 is 9.59 Å². The molecule has 2 atom stereocenters. The second-order valence-electron chi connectivity index (χ2n) is 7.73. The van der Waals surface area contributed by atoms with Gasteiger partial charge in [-0.05, 0) is 29.7 Å². The van der Waals surface area contributed by atoms with Crippen LogP contribution in [0.25, 0.3) is 5.82 Å². The summed E-state index contributed by atoms with van der Waals surface area (Å²) in [5.41, 5.74) is 0.441. The van der Waals surface area contributed by atoms with E-state index >= 15 is 0 Å². The first kappa shape index (κ1) is 16.4. The van der Waals surface area contributed by atoms with Crippen LogP contribution in [0.4, 0.5) is 0 Å². The number of nitrogens with zero attached hydrogens (tertiary/aromatic N) is 7. The first-order valence-corrected chi connectivity index (χ1v) is 9.59. The van der Waals surface area contributed by atoms with E-state index in [2.05, 4.69) is 25.7 Å². The average molecular weight is 370 g/mol. The van der Waals surface area contributed by atoms with Gasteiger partial charge in [-0.3, -0.25) is 14.7 Å². The summed E-state index contributed by atoms with van der Waals surface area (Å²) in [7, 11) is 0. The summed E-state index contributed by atoms with van der Waals surface area (Å²) in [4.78, 5) is 29.8. The molecule has 4 heterocycles. The van der Waals surface area contributed by atoms with Crippen molar-refractivity contribution in [2.45, 2.75) is 38.1 Å². The molecule has 0 unspecified atom stereocenters. The van der Waals surface area contributed by atoms with E-state index in [0.29, 0.717) is 36.3 Å². The highest BCUT2D eigenvalue weighted by molar-refractivity contribution is 5.97. The van der Waals surface area contributed by atoms with Crippen LogP contribution in [0, 0.1) is 11.8 Å². The maximum absolute atomic E-state index is 13.1. The van der Waals surface area contributed by atoms with E-state index in [0.717, 1.165) is 38.6 Å². The topological polar surface area (TPSA) is 113 Å². The number of aromatic nitrogens is 6. The van der Waals surface area contributed by atoms with Gasteiger partial charge in [-0.2, -0.15) is 9.78 Å². The molecule has 0 radical (unpaired) electrons. The first-order chi connectivity index (χ1) is 13.2. The SMILES string of the molecule is O=C(c1cn[nH]c1-n1cnnn1)N1C[C@@H]2CCN(C(=O)C3CCCC3)[C@@H]2C1. The second-order valence-corrected chi connectivity index (χ2v) is 7.73. The van der Waals surface area contributed by atoms with Crippen LogP contribution < -0.4 is 0 Å². The predicted molar refractivity (Wildman–Crippen MR) is 92.8 cm³/mol. The number of rotatable bonds is 3. The summed E-state index contributed by atoms with van der Waals surface area (Å²) >= 11 is 0. The Morgan fingerprint density at radius 1 is 1.15 bits per heavy atom. The fraction of sp³-hybridized carbons (Fsp3) is 0.647. The van der Waals surface area contributed by atoms with Crippen LogP contribution in [0.5, 0.6) is 0 Å². The van der Waals surface area contributed by atoms with Crippen LogP contribution >= 0.6 is 0 Å². The molecule has 5 rings (SSSR count). The molecule has 0 aromatic carbocycles. The summed E-state index contributed by atoms with van der Waals surface area (Å²) in [6.45, 7) is 2.09. The zero-order valence-electron chi connectivity index (χ0n) is 15.0. The number of fused-ring (bicyclic) bond motifs is 1. The lowest BCUT2D eigenvalue weighted by atomic mass is 10.0. The molecule has 27 heavy (non-hydrogen) atoms. The lowest BCUT2D eigenvalue weighted by molar-refractivity contribution is -0.136. The lowest BCUT2D eigenvalue weighted by Crippen LogP contribution is -2.43. The molecule has 2 saturated heterocycles. The molecule has 10 heteroatoms. The Bertz CT molecular complexity index is 841. The minimum Gasteiger partial charge on any atom is -0.337 e. The normalized spacial score (nSPS) is 25.3. The van der Waals surface area contributed by atoms with Crippen LogP contribution in [-0.4, -0.2) is 77.7 Å². The minimum absolute atomic E-state index is 0.100. The third-order valence-corrected chi connectivity index (χ3v) is 6.25. The second kappa shape index (κ2) is 6.43. The summed E-state index contributed by atoms with van der Waals surface area (Å²) in [6.07, 6.45) is 8.24. The van der Waals surface area contributed by atoms with Crippen LogP contribution in [0.1, 0.15) is 42.5 Å². The van der Waals surface area contributed by atoms with E-state index in [1.54, 1.807) is 0 Å². The molecular weight excluding hydrogens is 348 g/mol. The molecule has 2 aromatic heterocycles. The number of amides is 2. The van der Waals surface area contributed by atoms with Crippen molar-refractivity contribution in [1.29, 1.82) is 0 Å². The van der Waals surface area contributed by atoms with E-state index in [1.807, 2.05) is 9.80 Å². The zero-order valence-corrected chi connectivity index (χ0v) is 15.0. The van der Waals surface area contributed by atoms with Gasteiger partial charge in [-0.25, -0.2) is 0 Å². The van der Waals surface area contributed by atoms with Gasteiger partial charge in [0, 0.05) is 31.5 Å². The highest BCUT2D eigenvalue weighted by Gasteiger charge is 2.46. The Morgan fingerprint density at radius 3 is 2.78 bits per heavy atom. The van der Waals surface area contributed by atoms with Crippen molar-refractivity contribution in [2.75, 3.05) is 19.6 Å². The van der Waals surface area contributed by atoms with Gasteiger partial charge in [0.05, 0.1) is 12.2 Å². The number of aromatic amines is 1. The molecule has 3 aliphatic rings. The summed E-state index contributed by atoms with van der Waals surface area (Å²) < 4.78 is 1.40. The monoisotopic (exact) mass is 370 g/mol. The Labute approximate surface area is 155 Å².